The van der Waals surface area contributed by atoms with Gasteiger partial charge in [0.05, 0.1) is 24.7 Å². The van der Waals surface area contributed by atoms with Crippen LogP contribution in [0, 0.1) is 0 Å². The molecule has 0 radical (unpaired) electrons. The van der Waals surface area contributed by atoms with Gasteiger partial charge in [0.2, 0.25) is 0 Å². The average Bonchev–Trinajstić information content (AvgIpc) is 3.40. The molecule has 1 aliphatic carbocycles. The monoisotopic (exact) mass is 431 g/mol. The number of aryl methyl sites for hydroxylation is 1. The summed E-state index contributed by atoms with van der Waals surface area (Å²) in [4.78, 5) is 13.6. The SMILES string of the molecule is Cn1cc(C2(C)CN(c3nc(C4CC4)nc4scc(-c5ccccc5)c34)CCO2)cn1. The smallest absolute Gasteiger partial charge is 0.141 e. The molecule has 1 saturated carbocycles. The predicted octanol–water partition coefficient (Wildman–Crippen LogP) is 4.72. The fourth-order valence-electron chi connectivity index (χ4n) is 4.44. The molecule has 1 saturated heterocycles. The van der Waals surface area contributed by atoms with Gasteiger partial charge < -0.3 is 9.64 Å². The van der Waals surface area contributed by atoms with E-state index in [1.807, 2.05) is 17.9 Å². The van der Waals surface area contributed by atoms with Crippen LogP contribution in [-0.4, -0.2) is 39.4 Å². The number of hydrogen-bond acceptors (Lipinski definition) is 6. The molecule has 1 aromatic carbocycles. The number of ether oxygens (including phenoxy) is 1. The van der Waals surface area contributed by atoms with E-state index in [0.717, 1.165) is 40.5 Å². The van der Waals surface area contributed by atoms with E-state index in [1.165, 1.54) is 24.0 Å². The molecule has 0 spiro atoms. The molecular weight excluding hydrogens is 406 g/mol. The molecule has 31 heavy (non-hydrogen) atoms. The second kappa shape index (κ2) is 7.14. The number of aromatic nitrogens is 4. The van der Waals surface area contributed by atoms with Crippen LogP contribution in [0.4, 0.5) is 5.82 Å². The molecule has 0 amide bonds. The summed E-state index contributed by atoms with van der Waals surface area (Å²) >= 11 is 1.72. The van der Waals surface area contributed by atoms with Gasteiger partial charge in [0.1, 0.15) is 22.1 Å². The molecule has 7 heteroatoms. The molecule has 158 valence electrons. The zero-order chi connectivity index (χ0) is 21.0. The van der Waals surface area contributed by atoms with Gasteiger partial charge in [0.25, 0.3) is 0 Å². The number of nitrogens with zero attached hydrogens (tertiary/aromatic N) is 5. The maximum absolute atomic E-state index is 6.28. The molecule has 4 aromatic rings. The number of fused-ring (bicyclic) bond motifs is 1. The van der Waals surface area contributed by atoms with Crippen LogP contribution >= 0.6 is 11.3 Å². The Hall–Kier alpha value is -2.77. The van der Waals surface area contributed by atoms with E-state index in [2.05, 4.69) is 58.8 Å². The molecule has 1 unspecified atom stereocenters. The summed E-state index contributed by atoms with van der Waals surface area (Å²) in [5.41, 5.74) is 3.10. The average molecular weight is 432 g/mol. The highest BCUT2D eigenvalue weighted by Crippen LogP contribution is 2.44. The van der Waals surface area contributed by atoms with E-state index >= 15 is 0 Å². The topological polar surface area (TPSA) is 56.1 Å². The van der Waals surface area contributed by atoms with Crippen LogP contribution in [0.5, 0.6) is 0 Å². The van der Waals surface area contributed by atoms with Gasteiger partial charge in [0, 0.05) is 42.2 Å². The van der Waals surface area contributed by atoms with Crippen LogP contribution in [0.2, 0.25) is 0 Å². The lowest BCUT2D eigenvalue weighted by Gasteiger charge is -2.41. The van der Waals surface area contributed by atoms with E-state index in [4.69, 9.17) is 14.7 Å². The molecule has 6 rings (SSSR count). The summed E-state index contributed by atoms with van der Waals surface area (Å²) in [7, 11) is 1.95. The Morgan fingerprint density at radius 3 is 2.74 bits per heavy atom. The van der Waals surface area contributed by atoms with E-state index in [9.17, 15) is 0 Å². The molecule has 0 N–H and O–H groups in total. The summed E-state index contributed by atoms with van der Waals surface area (Å²) in [6, 6.07) is 10.6. The van der Waals surface area contributed by atoms with Crippen molar-refractivity contribution in [3.63, 3.8) is 0 Å². The summed E-state index contributed by atoms with van der Waals surface area (Å²) < 4.78 is 8.12. The number of rotatable bonds is 4. The minimum atomic E-state index is -0.424. The van der Waals surface area contributed by atoms with Crippen LogP contribution in [0.15, 0.2) is 48.1 Å². The van der Waals surface area contributed by atoms with E-state index < -0.39 is 5.60 Å². The first kappa shape index (κ1) is 19.0. The molecule has 1 aliphatic heterocycles. The minimum absolute atomic E-state index is 0.424. The van der Waals surface area contributed by atoms with Crippen molar-refractivity contribution < 1.29 is 4.74 Å². The lowest BCUT2D eigenvalue weighted by Crippen LogP contribution is -2.48. The second-order valence-corrected chi connectivity index (χ2v) is 9.64. The summed E-state index contributed by atoms with van der Waals surface area (Å²) in [5.74, 6) is 2.56. The Morgan fingerprint density at radius 1 is 1.16 bits per heavy atom. The normalized spacial score (nSPS) is 21.7. The maximum atomic E-state index is 6.28. The fourth-order valence-corrected chi connectivity index (χ4v) is 5.39. The minimum Gasteiger partial charge on any atom is -0.367 e. The number of hydrogen-bond donors (Lipinski definition) is 0. The van der Waals surface area contributed by atoms with Crippen molar-refractivity contribution >= 4 is 27.4 Å². The molecular formula is C24H25N5OS. The van der Waals surface area contributed by atoms with Crippen molar-refractivity contribution in [1.29, 1.82) is 0 Å². The van der Waals surface area contributed by atoms with Gasteiger partial charge in [-0.05, 0) is 25.3 Å². The van der Waals surface area contributed by atoms with Gasteiger partial charge in [-0.2, -0.15) is 5.10 Å². The highest BCUT2D eigenvalue weighted by atomic mass is 32.1. The van der Waals surface area contributed by atoms with Crippen molar-refractivity contribution in [2.75, 3.05) is 24.6 Å². The third kappa shape index (κ3) is 3.32. The fraction of sp³-hybridized carbons (Fsp3) is 0.375. The maximum Gasteiger partial charge on any atom is 0.141 e. The zero-order valence-electron chi connectivity index (χ0n) is 17.8. The highest BCUT2D eigenvalue weighted by molar-refractivity contribution is 7.17. The first-order valence-electron chi connectivity index (χ1n) is 10.8. The number of thiophene rings is 1. The number of benzene rings is 1. The molecule has 3 aromatic heterocycles. The summed E-state index contributed by atoms with van der Waals surface area (Å²) in [6.07, 6.45) is 6.35. The predicted molar refractivity (Wildman–Crippen MR) is 124 cm³/mol. The van der Waals surface area contributed by atoms with E-state index in [1.54, 1.807) is 11.3 Å². The van der Waals surface area contributed by atoms with E-state index in [0.29, 0.717) is 12.5 Å². The zero-order valence-corrected chi connectivity index (χ0v) is 18.6. The molecule has 1 atom stereocenters. The third-order valence-corrected chi connectivity index (χ3v) is 7.22. The number of morpholine rings is 1. The van der Waals surface area contributed by atoms with Crippen molar-refractivity contribution in [2.45, 2.75) is 31.3 Å². The molecule has 2 aliphatic rings. The van der Waals surface area contributed by atoms with Gasteiger partial charge in [-0.25, -0.2) is 9.97 Å². The van der Waals surface area contributed by atoms with Crippen LogP contribution in [0.3, 0.4) is 0 Å². The standard InChI is InChI=1S/C24H25N5OS/c1-24(18-12-25-28(2)13-18)15-29(10-11-30-24)22-20-19(16-6-4-3-5-7-16)14-31-23(20)27-21(26-22)17-8-9-17/h3-7,12-14,17H,8-11,15H2,1-2H3. The van der Waals surface area contributed by atoms with Crippen molar-refractivity contribution in [1.82, 2.24) is 19.7 Å². The molecule has 0 bridgehead atoms. The van der Waals surface area contributed by atoms with E-state index in [-0.39, 0.29) is 0 Å². The Labute approximate surface area is 185 Å². The Morgan fingerprint density at radius 2 is 2.00 bits per heavy atom. The highest BCUT2D eigenvalue weighted by Gasteiger charge is 2.37. The number of anilines is 1. The molecule has 6 nitrogen and oxygen atoms in total. The Balaban J connectivity index is 1.48. The van der Waals surface area contributed by atoms with Gasteiger partial charge in [0.15, 0.2) is 0 Å². The summed E-state index contributed by atoms with van der Waals surface area (Å²) in [5, 5.41) is 7.76. The first-order valence-corrected chi connectivity index (χ1v) is 11.7. The van der Waals surface area contributed by atoms with Crippen molar-refractivity contribution in [2.24, 2.45) is 7.05 Å². The van der Waals surface area contributed by atoms with Gasteiger partial charge >= 0.3 is 0 Å². The van der Waals surface area contributed by atoms with Gasteiger partial charge in [-0.3, -0.25) is 4.68 Å². The van der Waals surface area contributed by atoms with Gasteiger partial charge in [-0.15, -0.1) is 11.3 Å². The van der Waals surface area contributed by atoms with Gasteiger partial charge in [-0.1, -0.05) is 30.3 Å². The summed E-state index contributed by atoms with van der Waals surface area (Å²) in [6.45, 7) is 4.36. The van der Waals surface area contributed by atoms with Crippen LogP contribution in [0.25, 0.3) is 21.3 Å². The Kier molecular flexibility index (Phi) is 4.36. The van der Waals surface area contributed by atoms with Crippen LogP contribution in [-0.2, 0) is 17.4 Å². The lowest BCUT2D eigenvalue weighted by atomic mass is 9.96. The lowest BCUT2D eigenvalue weighted by molar-refractivity contribution is -0.0467. The quantitative estimate of drug-likeness (QED) is 0.468. The third-order valence-electron chi connectivity index (χ3n) is 6.35. The first-order chi connectivity index (χ1) is 15.1. The largest absolute Gasteiger partial charge is 0.367 e. The van der Waals surface area contributed by atoms with Crippen molar-refractivity contribution in [3.8, 4) is 11.1 Å². The molecule has 2 fully saturated rings. The Bertz CT molecular complexity index is 1250. The van der Waals surface area contributed by atoms with Crippen LogP contribution < -0.4 is 4.90 Å². The second-order valence-electron chi connectivity index (χ2n) is 8.78. The molecule has 4 heterocycles. The van der Waals surface area contributed by atoms with Crippen LogP contribution in [0.1, 0.15) is 37.1 Å². The van der Waals surface area contributed by atoms with Crippen molar-refractivity contribution in [3.05, 3.63) is 59.5 Å².